The predicted molar refractivity (Wildman–Crippen MR) is 106 cm³/mol. The second kappa shape index (κ2) is 9.00. The number of aromatic nitrogens is 2. The fourth-order valence-electron chi connectivity index (χ4n) is 2.38. The van der Waals surface area contributed by atoms with Gasteiger partial charge in [-0.15, -0.1) is 0 Å². The zero-order valence-corrected chi connectivity index (χ0v) is 15.6. The maximum Gasteiger partial charge on any atom is 0.253 e. The molecule has 3 rings (SSSR count). The highest BCUT2D eigenvalue weighted by atomic mass is 35.5. The molecule has 0 aliphatic rings. The van der Waals surface area contributed by atoms with E-state index in [1.807, 2.05) is 12.1 Å². The Kier molecular flexibility index (Phi) is 6.22. The molecule has 0 bridgehead atoms. The highest BCUT2D eigenvalue weighted by Crippen LogP contribution is 2.17. The summed E-state index contributed by atoms with van der Waals surface area (Å²) in [5, 5.41) is 3.74. The van der Waals surface area contributed by atoms with Gasteiger partial charge in [0, 0.05) is 35.7 Å². The molecule has 1 aromatic heterocycles. The first-order valence-electron chi connectivity index (χ1n) is 8.40. The van der Waals surface area contributed by atoms with Crippen LogP contribution in [0.3, 0.4) is 0 Å². The van der Waals surface area contributed by atoms with Gasteiger partial charge in [-0.2, -0.15) is 0 Å². The number of hydrogen-bond donors (Lipinski definition) is 1. The monoisotopic (exact) mass is 382 g/mol. The van der Waals surface area contributed by atoms with Crippen molar-refractivity contribution in [1.29, 1.82) is 0 Å². The number of hydrogen-bond acceptors (Lipinski definition) is 5. The topological polar surface area (TPSA) is 67.3 Å². The summed E-state index contributed by atoms with van der Waals surface area (Å²) in [5.41, 5.74) is 1.32. The van der Waals surface area contributed by atoms with Crippen molar-refractivity contribution in [2.75, 3.05) is 25.5 Å². The Morgan fingerprint density at radius 3 is 2.59 bits per heavy atom. The van der Waals surface area contributed by atoms with E-state index in [-0.39, 0.29) is 5.91 Å². The Balaban J connectivity index is 1.56. The third kappa shape index (κ3) is 5.43. The van der Waals surface area contributed by atoms with Gasteiger partial charge < -0.3 is 15.0 Å². The van der Waals surface area contributed by atoms with Crippen LogP contribution in [0.5, 0.6) is 5.75 Å². The number of benzene rings is 2. The van der Waals surface area contributed by atoms with Crippen molar-refractivity contribution in [3.05, 3.63) is 77.6 Å². The minimum atomic E-state index is -0.0904. The van der Waals surface area contributed by atoms with E-state index in [1.165, 1.54) is 0 Å². The molecule has 0 unspecified atom stereocenters. The van der Waals surface area contributed by atoms with Crippen LogP contribution >= 0.6 is 11.6 Å². The van der Waals surface area contributed by atoms with Gasteiger partial charge in [-0.05, 0) is 48.5 Å². The van der Waals surface area contributed by atoms with Crippen molar-refractivity contribution in [2.45, 2.75) is 0 Å². The molecule has 0 saturated heterocycles. The Hall–Kier alpha value is -3.12. The number of nitrogens with zero attached hydrogens (tertiary/aromatic N) is 3. The maximum atomic E-state index is 12.6. The molecule has 7 heteroatoms. The van der Waals surface area contributed by atoms with Crippen molar-refractivity contribution in [2.24, 2.45) is 0 Å². The standard InChI is InChI=1S/C20H19ClN4O2/c1-25(12-13-27-18-8-6-16(21)7-9-18)19(26)15-4-2-5-17(14-15)24-20-22-10-3-11-23-20/h2-11,14H,12-13H2,1H3,(H,22,23,24). The van der Waals surface area contributed by atoms with Crippen LogP contribution in [0, 0.1) is 0 Å². The van der Waals surface area contributed by atoms with Gasteiger partial charge in [0.25, 0.3) is 5.91 Å². The molecule has 0 aliphatic carbocycles. The molecular weight excluding hydrogens is 364 g/mol. The maximum absolute atomic E-state index is 12.6. The third-order valence-corrected chi connectivity index (χ3v) is 4.04. The number of ether oxygens (including phenoxy) is 1. The summed E-state index contributed by atoms with van der Waals surface area (Å²) >= 11 is 5.85. The predicted octanol–water partition coefficient (Wildman–Crippen LogP) is 4.02. The number of halogens is 1. The van der Waals surface area contributed by atoms with Gasteiger partial charge >= 0.3 is 0 Å². The first kappa shape index (κ1) is 18.7. The van der Waals surface area contributed by atoms with Crippen LogP contribution in [-0.4, -0.2) is 41.0 Å². The molecular formula is C20H19ClN4O2. The fourth-order valence-corrected chi connectivity index (χ4v) is 2.50. The number of rotatable bonds is 7. The first-order valence-corrected chi connectivity index (χ1v) is 8.77. The van der Waals surface area contributed by atoms with E-state index in [9.17, 15) is 4.79 Å². The van der Waals surface area contributed by atoms with E-state index < -0.39 is 0 Å². The Bertz CT molecular complexity index is 888. The summed E-state index contributed by atoms with van der Waals surface area (Å²) in [4.78, 5) is 22.5. The van der Waals surface area contributed by atoms with E-state index in [2.05, 4.69) is 15.3 Å². The molecule has 1 N–H and O–H groups in total. The molecule has 1 heterocycles. The lowest BCUT2D eigenvalue weighted by Gasteiger charge is -2.18. The lowest BCUT2D eigenvalue weighted by molar-refractivity contribution is 0.0774. The number of carbonyl (C=O) groups excluding carboxylic acids is 1. The highest BCUT2D eigenvalue weighted by Gasteiger charge is 2.12. The number of anilines is 2. The van der Waals surface area contributed by atoms with E-state index in [4.69, 9.17) is 16.3 Å². The molecule has 0 fully saturated rings. The minimum Gasteiger partial charge on any atom is -0.492 e. The number of nitrogens with one attached hydrogen (secondary N) is 1. The fraction of sp³-hybridized carbons (Fsp3) is 0.150. The molecule has 0 atom stereocenters. The van der Waals surface area contributed by atoms with Crippen molar-refractivity contribution in [1.82, 2.24) is 14.9 Å². The van der Waals surface area contributed by atoms with Crippen LogP contribution in [0.25, 0.3) is 0 Å². The SMILES string of the molecule is CN(CCOc1ccc(Cl)cc1)C(=O)c1cccc(Nc2ncccn2)c1. The summed E-state index contributed by atoms with van der Waals surface area (Å²) in [6.07, 6.45) is 3.30. The Labute approximate surface area is 162 Å². The molecule has 0 radical (unpaired) electrons. The number of likely N-dealkylation sites (N-methyl/N-ethyl adjacent to an activating group) is 1. The van der Waals surface area contributed by atoms with Gasteiger partial charge in [-0.3, -0.25) is 4.79 Å². The largest absolute Gasteiger partial charge is 0.492 e. The van der Waals surface area contributed by atoms with E-state index in [0.717, 1.165) is 5.69 Å². The van der Waals surface area contributed by atoms with E-state index >= 15 is 0 Å². The second-order valence-electron chi connectivity index (χ2n) is 5.81. The zero-order chi connectivity index (χ0) is 19.1. The summed E-state index contributed by atoms with van der Waals surface area (Å²) in [6.45, 7) is 0.848. The molecule has 6 nitrogen and oxygen atoms in total. The number of amides is 1. The Morgan fingerprint density at radius 2 is 1.85 bits per heavy atom. The van der Waals surface area contributed by atoms with Crippen LogP contribution in [0.1, 0.15) is 10.4 Å². The molecule has 0 spiro atoms. The van der Waals surface area contributed by atoms with Crippen molar-refractivity contribution in [3.63, 3.8) is 0 Å². The van der Waals surface area contributed by atoms with Gasteiger partial charge in [0.2, 0.25) is 5.95 Å². The minimum absolute atomic E-state index is 0.0904. The molecule has 1 amide bonds. The smallest absolute Gasteiger partial charge is 0.253 e. The summed E-state index contributed by atoms with van der Waals surface area (Å²) in [6, 6.07) is 16.1. The van der Waals surface area contributed by atoms with Crippen molar-refractivity contribution in [3.8, 4) is 5.75 Å². The van der Waals surface area contributed by atoms with Gasteiger partial charge in [0.05, 0.1) is 6.54 Å². The second-order valence-corrected chi connectivity index (χ2v) is 6.24. The van der Waals surface area contributed by atoms with Crippen LogP contribution in [0.2, 0.25) is 5.02 Å². The lowest BCUT2D eigenvalue weighted by atomic mass is 10.2. The van der Waals surface area contributed by atoms with Crippen molar-refractivity contribution >= 4 is 29.1 Å². The highest BCUT2D eigenvalue weighted by molar-refractivity contribution is 6.30. The average Bonchev–Trinajstić information content (AvgIpc) is 2.70. The first-order chi connectivity index (χ1) is 13.1. The Morgan fingerprint density at radius 1 is 1.11 bits per heavy atom. The quantitative estimate of drug-likeness (QED) is 0.668. The molecule has 0 saturated carbocycles. The van der Waals surface area contributed by atoms with Gasteiger partial charge in [-0.1, -0.05) is 17.7 Å². The molecule has 3 aromatic rings. The van der Waals surface area contributed by atoms with Gasteiger partial charge in [0.15, 0.2) is 0 Å². The average molecular weight is 383 g/mol. The molecule has 138 valence electrons. The molecule has 2 aromatic carbocycles. The summed E-state index contributed by atoms with van der Waals surface area (Å²) in [5.74, 6) is 1.11. The van der Waals surface area contributed by atoms with Crippen LogP contribution < -0.4 is 10.1 Å². The van der Waals surface area contributed by atoms with Crippen LogP contribution in [0.15, 0.2) is 67.0 Å². The lowest BCUT2D eigenvalue weighted by Crippen LogP contribution is -2.30. The van der Waals surface area contributed by atoms with Gasteiger partial charge in [0.1, 0.15) is 12.4 Å². The normalized spacial score (nSPS) is 10.3. The summed E-state index contributed by atoms with van der Waals surface area (Å²) < 4.78 is 5.64. The van der Waals surface area contributed by atoms with E-state index in [1.54, 1.807) is 66.8 Å². The van der Waals surface area contributed by atoms with Crippen LogP contribution in [0.4, 0.5) is 11.6 Å². The zero-order valence-electron chi connectivity index (χ0n) is 14.8. The molecule has 0 aliphatic heterocycles. The van der Waals surface area contributed by atoms with E-state index in [0.29, 0.717) is 35.4 Å². The van der Waals surface area contributed by atoms with Crippen molar-refractivity contribution < 1.29 is 9.53 Å². The molecule has 27 heavy (non-hydrogen) atoms. The summed E-state index contributed by atoms with van der Waals surface area (Å²) in [7, 11) is 1.74. The third-order valence-electron chi connectivity index (χ3n) is 3.79. The number of carbonyl (C=O) groups is 1. The van der Waals surface area contributed by atoms with Gasteiger partial charge in [-0.25, -0.2) is 9.97 Å². The van der Waals surface area contributed by atoms with Crippen LogP contribution in [-0.2, 0) is 0 Å².